The average Bonchev–Trinajstić information content (AvgIpc) is 2.43. The van der Waals surface area contributed by atoms with Gasteiger partial charge < -0.3 is 14.9 Å². The molecule has 0 aromatic heterocycles. The minimum absolute atomic E-state index is 0.0452. The van der Waals surface area contributed by atoms with Gasteiger partial charge in [0.1, 0.15) is 0 Å². The van der Waals surface area contributed by atoms with Crippen molar-refractivity contribution in [1.82, 2.24) is 0 Å². The predicted octanol–water partition coefficient (Wildman–Crippen LogP) is 3.73. The van der Waals surface area contributed by atoms with Gasteiger partial charge in [0.2, 0.25) is 0 Å². The van der Waals surface area contributed by atoms with Crippen molar-refractivity contribution in [2.45, 2.75) is 72.5 Å². The van der Waals surface area contributed by atoms with Crippen molar-refractivity contribution in [2.24, 2.45) is 35.5 Å². The van der Waals surface area contributed by atoms with E-state index in [-0.39, 0.29) is 12.2 Å². The van der Waals surface area contributed by atoms with Crippen LogP contribution in [0.5, 0.6) is 0 Å². The monoisotopic (exact) mass is 314 g/mol. The largest absolute Gasteiger partial charge is 0.393 e. The number of aliphatic hydroxyl groups excluding tert-OH is 2. The molecule has 4 atom stereocenters. The summed E-state index contributed by atoms with van der Waals surface area (Å²) in [6.07, 6.45) is 4.48. The zero-order valence-electron chi connectivity index (χ0n) is 15.5. The highest BCUT2D eigenvalue weighted by molar-refractivity contribution is 4.81. The summed E-state index contributed by atoms with van der Waals surface area (Å²) >= 11 is 0. The van der Waals surface area contributed by atoms with Crippen molar-refractivity contribution < 1.29 is 14.9 Å². The summed E-state index contributed by atoms with van der Waals surface area (Å²) in [5, 5.41) is 19.3. The molecule has 4 unspecified atom stereocenters. The van der Waals surface area contributed by atoms with Gasteiger partial charge >= 0.3 is 0 Å². The zero-order valence-corrected chi connectivity index (χ0v) is 15.5. The minimum atomic E-state index is -0.0990. The van der Waals surface area contributed by atoms with Crippen LogP contribution in [0.1, 0.15) is 60.3 Å². The number of rotatable bonds is 2. The van der Waals surface area contributed by atoms with Crippen molar-refractivity contribution in [3.05, 3.63) is 0 Å². The van der Waals surface area contributed by atoms with Crippen LogP contribution < -0.4 is 0 Å². The lowest BCUT2D eigenvalue weighted by atomic mass is 9.75. The lowest BCUT2D eigenvalue weighted by Crippen LogP contribution is -2.35. The van der Waals surface area contributed by atoms with Crippen LogP contribution in [0.25, 0.3) is 0 Å². The first-order valence-corrected chi connectivity index (χ1v) is 9.11. The van der Waals surface area contributed by atoms with Gasteiger partial charge in [-0.2, -0.15) is 0 Å². The maximum absolute atomic E-state index is 9.69. The standard InChI is InChI=1S/C10H20O2.C9H18O/c1-7-4-9(6-12-3)5-8(2)10(7)11;1-6-4-7(2)9(10)8(3)5-6/h7-11H,4-6H2,1-3H3;6-10H,4-5H2,1-3H3. The highest BCUT2D eigenvalue weighted by Crippen LogP contribution is 2.33. The van der Waals surface area contributed by atoms with Crippen molar-refractivity contribution in [3.63, 3.8) is 0 Å². The number of hydrogen-bond donors (Lipinski definition) is 2. The Labute approximate surface area is 137 Å². The van der Waals surface area contributed by atoms with Crippen molar-refractivity contribution in [3.8, 4) is 0 Å². The summed E-state index contributed by atoms with van der Waals surface area (Å²) in [5.74, 6) is 3.37. The molecular formula is C19H38O3. The van der Waals surface area contributed by atoms with E-state index >= 15 is 0 Å². The zero-order chi connectivity index (χ0) is 16.9. The Morgan fingerprint density at radius 2 is 1.09 bits per heavy atom. The van der Waals surface area contributed by atoms with Gasteiger partial charge in [0.25, 0.3) is 0 Å². The van der Waals surface area contributed by atoms with Crippen LogP contribution in [0.2, 0.25) is 0 Å². The fraction of sp³-hybridized carbons (Fsp3) is 1.00. The Morgan fingerprint density at radius 3 is 1.45 bits per heavy atom. The van der Waals surface area contributed by atoms with Crippen LogP contribution in [0.3, 0.4) is 0 Å². The van der Waals surface area contributed by atoms with E-state index in [2.05, 4.69) is 34.6 Å². The molecule has 0 amide bonds. The fourth-order valence-electron chi connectivity index (χ4n) is 4.56. The van der Waals surface area contributed by atoms with Crippen LogP contribution in [0.4, 0.5) is 0 Å². The molecule has 2 rings (SSSR count). The maximum Gasteiger partial charge on any atom is 0.0591 e. The first-order valence-electron chi connectivity index (χ1n) is 9.11. The second kappa shape index (κ2) is 9.24. The van der Waals surface area contributed by atoms with Gasteiger partial charge in [-0.15, -0.1) is 0 Å². The third-order valence-electron chi connectivity index (χ3n) is 5.69. The number of ether oxygens (including phenoxy) is 1. The SMILES string of the molecule is CC1CC(C)C(O)C(C)C1.COCC1CC(C)C(O)C(C)C1. The molecule has 0 aromatic carbocycles. The van der Waals surface area contributed by atoms with E-state index in [1.807, 2.05) is 0 Å². The van der Waals surface area contributed by atoms with E-state index < -0.39 is 0 Å². The number of aliphatic hydroxyl groups is 2. The molecule has 0 aliphatic heterocycles. The summed E-state index contributed by atoms with van der Waals surface area (Å²) < 4.78 is 5.13. The van der Waals surface area contributed by atoms with E-state index in [9.17, 15) is 10.2 Å². The van der Waals surface area contributed by atoms with Gasteiger partial charge in [0, 0.05) is 13.7 Å². The van der Waals surface area contributed by atoms with Crippen molar-refractivity contribution in [2.75, 3.05) is 13.7 Å². The fourth-order valence-corrected chi connectivity index (χ4v) is 4.56. The van der Waals surface area contributed by atoms with Gasteiger partial charge in [-0.05, 0) is 61.2 Å². The van der Waals surface area contributed by atoms with Gasteiger partial charge in [0.05, 0.1) is 12.2 Å². The number of methoxy groups -OCH3 is 1. The molecule has 132 valence electrons. The lowest BCUT2D eigenvalue weighted by molar-refractivity contribution is -0.00679. The van der Waals surface area contributed by atoms with E-state index in [1.54, 1.807) is 7.11 Å². The second-order valence-corrected chi connectivity index (χ2v) is 8.26. The van der Waals surface area contributed by atoms with E-state index in [1.165, 1.54) is 12.8 Å². The normalized spacial score (nSPS) is 45.8. The Morgan fingerprint density at radius 1 is 0.727 bits per heavy atom. The Hall–Kier alpha value is -0.120. The van der Waals surface area contributed by atoms with Crippen LogP contribution in [0, 0.1) is 35.5 Å². The molecule has 0 heterocycles. The van der Waals surface area contributed by atoms with Gasteiger partial charge in [-0.1, -0.05) is 34.6 Å². The molecule has 2 N–H and O–H groups in total. The van der Waals surface area contributed by atoms with Crippen LogP contribution in [-0.4, -0.2) is 36.1 Å². The first-order chi connectivity index (χ1) is 10.3. The molecule has 2 saturated carbocycles. The molecule has 3 heteroatoms. The third kappa shape index (κ3) is 5.82. The molecule has 3 nitrogen and oxygen atoms in total. The van der Waals surface area contributed by atoms with Crippen LogP contribution in [0.15, 0.2) is 0 Å². The van der Waals surface area contributed by atoms with Gasteiger partial charge in [0.15, 0.2) is 0 Å². The molecule has 22 heavy (non-hydrogen) atoms. The number of hydrogen-bond acceptors (Lipinski definition) is 3. The highest BCUT2D eigenvalue weighted by atomic mass is 16.5. The average molecular weight is 315 g/mol. The van der Waals surface area contributed by atoms with Crippen molar-refractivity contribution >= 4 is 0 Å². The molecule has 0 radical (unpaired) electrons. The molecular weight excluding hydrogens is 276 g/mol. The van der Waals surface area contributed by atoms with Gasteiger partial charge in [-0.25, -0.2) is 0 Å². The van der Waals surface area contributed by atoms with E-state index in [4.69, 9.17) is 4.74 Å². The second-order valence-electron chi connectivity index (χ2n) is 8.26. The molecule has 0 saturated heterocycles. The smallest absolute Gasteiger partial charge is 0.0591 e. The topological polar surface area (TPSA) is 49.7 Å². The third-order valence-corrected chi connectivity index (χ3v) is 5.69. The Kier molecular flexibility index (Phi) is 8.37. The van der Waals surface area contributed by atoms with Crippen LogP contribution in [-0.2, 0) is 4.74 Å². The quantitative estimate of drug-likeness (QED) is 0.816. The predicted molar refractivity (Wildman–Crippen MR) is 91.7 cm³/mol. The van der Waals surface area contributed by atoms with Crippen molar-refractivity contribution in [1.29, 1.82) is 0 Å². The minimum Gasteiger partial charge on any atom is -0.393 e. The summed E-state index contributed by atoms with van der Waals surface area (Å²) in [6.45, 7) is 11.7. The summed E-state index contributed by atoms with van der Waals surface area (Å²) in [4.78, 5) is 0. The first kappa shape index (κ1) is 19.9. The Balaban J connectivity index is 0.000000224. The van der Waals surface area contributed by atoms with E-state index in [0.29, 0.717) is 29.6 Å². The summed E-state index contributed by atoms with van der Waals surface area (Å²) in [5.41, 5.74) is 0. The summed E-state index contributed by atoms with van der Waals surface area (Å²) in [6, 6.07) is 0. The van der Waals surface area contributed by atoms with Gasteiger partial charge in [-0.3, -0.25) is 0 Å². The summed E-state index contributed by atoms with van der Waals surface area (Å²) in [7, 11) is 1.75. The maximum atomic E-state index is 9.69. The molecule has 2 aliphatic carbocycles. The van der Waals surface area contributed by atoms with Crippen LogP contribution >= 0.6 is 0 Å². The molecule has 2 fully saturated rings. The lowest BCUT2D eigenvalue weighted by Gasteiger charge is -2.35. The molecule has 0 bridgehead atoms. The highest BCUT2D eigenvalue weighted by Gasteiger charge is 2.31. The molecule has 2 aliphatic rings. The molecule has 0 aromatic rings. The Bertz CT molecular complexity index is 283. The molecule has 0 spiro atoms. The van der Waals surface area contributed by atoms with E-state index in [0.717, 1.165) is 25.4 Å².